The maximum absolute atomic E-state index is 12.6. The van der Waals surface area contributed by atoms with Crippen molar-refractivity contribution in [3.63, 3.8) is 0 Å². The Morgan fingerprint density at radius 1 is 1.07 bits per heavy atom. The molecule has 0 radical (unpaired) electrons. The number of esters is 1. The van der Waals surface area contributed by atoms with Crippen molar-refractivity contribution in [2.75, 3.05) is 26.2 Å². The van der Waals surface area contributed by atoms with Crippen LogP contribution in [0.25, 0.3) is 0 Å². The molecule has 0 unspecified atom stereocenters. The van der Waals surface area contributed by atoms with Crippen molar-refractivity contribution in [2.45, 2.75) is 108 Å². The fourth-order valence-corrected chi connectivity index (χ4v) is 10.7. The van der Waals surface area contributed by atoms with E-state index in [4.69, 9.17) is 18.6 Å². The van der Waals surface area contributed by atoms with Crippen molar-refractivity contribution < 1.29 is 28.2 Å². The van der Waals surface area contributed by atoms with Crippen LogP contribution in [0, 0.1) is 28.6 Å². The largest absolute Gasteiger partial charge is 0.459 e. The minimum atomic E-state index is -0.388. The molecule has 2 aliphatic heterocycles. The number of likely N-dealkylation sites (tertiary alicyclic amines) is 1. The van der Waals surface area contributed by atoms with E-state index in [9.17, 15) is 14.4 Å². The van der Waals surface area contributed by atoms with Gasteiger partial charge in [-0.2, -0.15) is 0 Å². The van der Waals surface area contributed by atoms with Crippen LogP contribution in [0.1, 0.15) is 90.0 Å². The predicted molar refractivity (Wildman–Crippen MR) is 154 cm³/mol. The molecule has 1 aromatic rings. The van der Waals surface area contributed by atoms with Gasteiger partial charge in [-0.25, -0.2) is 9.59 Å². The third kappa shape index (κ3) is 4.35. The molecule has 42 heavy (non-hydrogen) atoms. The molecule has 4 aliphatic carbocycles. The summed E-state index contributed by atoms with van der Waals surface area (Å²) in [5.74, 6) is 1.08. The van der Waals surface area contributed by atoms with Gasteiger partial charge >= 0.3 is 17.7 Å². The van der Waals surface area contributed by atoms with E-state index in [0.717, 1.165) is 70.1 Å². The summed E-state index contributed by atoms with van der Waals surface area (Å²) in [6.45, 7) is 9.76. The van der Waals surface area contributed by atoms with Crippen LogP contribution in [0.5, 0.6) is 0 Å². The van der Waals surface area contributed by atoms with Gasteiger partial charge in [0.15, 0.2) is 0 Å². The first-order valence-electron chi connectivity index (χ1n) is 16.3. The third-order valence-corrected chi connectivity index (χ3v) is 12.7. The summed E-state index contributed by atoms with van der Waals surface area (Å²) in [6, 6.07) is 3.47. The number of fused-ring (bicyclic) bond motifs is 3. The smallest absolute Gasteiger partial charge is 0.407 e. The normalized spacial score (nSPS) is 43.8. The molecule has 3 heterocycles. The number of hydrogen-bond acceptors (Lipinski definition) is 8. The molecule has 0 aromatic carbocycles. The van der Waals surface area contributed by atoms with Crippen molar-refractivity contribution in [3.05, 3.63) is 34.4 Å². The SMILES string of the molecule is CC(=O)O[C@H]1[C@H]2O[C@]23[C@@H]2CC[C@@H]4C[C@@H](NC(=O)OCCN5CCCC5)CC[C@]4(C)[C@H]2CC[C@]3(C)[C@H]1c1ccc(=O)oc1. The van der Waals surface area contributed by atoms with Crippen molar-refractivity contribution in [3.8, 4) is 0 Å². The first-order chi connectivity index (χ1) is 20.2. The lowest BCUT2D eigenvalue weighted by Crippen LogP contribution is -2.59. The van der Waals surface area contributed by atoms with Crippen LogP contribution in [-0.2, 0) is 19.0 Å². The van der Waals surface area contributed by atoms with Crippen molar-refractivity contribution >= 4 is 12.1 Å². The van der Waals surface area contributed by atoms with Crippen LogP contribution in [0.4, 0.5) is 4.79 Å². The summed E-state index contributed by atoms with van der Waals surface area (Å²) >= 11 is 0. The van der Waals surface area contributed by atoms with Gasteiger partial charge in [0.05, 0.1) is 6.26 Å². The molecule has 9 nitrogen and oxygen atoms in total. The number of amides is 1. The highest BCUT2D eigenvalue weighted by Gasteiger charge is 2.84. The third-order valence-electron chi connectivity index (χ3n) is 12.7. The quantitative estimate of drug-likeness (QED) is 0.382. The maximum atomic E-state index is 12.6. The van der Waals surface area contributed by atoms with Crippen LogP contribution in [-0.4, -0.2) is 67.1 Å². The number of carbonyl (C=O) groups is 2. The number of ether oxygens (including phenoxy) is 3. The molecular formula is C33H46N2O7. The molecule has 10 atom stereocenters. The second-order valence-corrected chi connectivity index (χ2v) is 14.5. The summed E-state index contributed by atoms with van der Waals surface area (Å²) in [6.07, 6.45) is 10.5. The van der Waals surface area contributed by atoms with E-state index in [1.165, 1.54) is 25.8 Å². The zero-order chi connectivity index (χ0) is 29.3. The van der Waals surface area contributed by atoms with E-state index in [0.29, 0.717) is 24.4 Å². The van der Waals surface area contributed by atoms with Crippen LogP contribution < -0.4 is 10.9 Å². The molecule has 1 N–H and O–H groups in total. The zero-order valence-corrected chi connectivity index (χ0v) is 25.3. The summed E-state index contributed by atoms with van der Waals surface area (Å²) in [5.41, 5.74) is 0.161. The van der Waals surface area contributed by atoms with E-state index >= 15 is 0 Å². The standard InChI is InChI=1S/C33H46N2O7/c1-20(36)41-28-27(21-6-9-26(37)40-19-21)32(3)13-11-24-25(33(32)29(28)42-33)8-7-22-18-23(10-12-31(22,24)2)34-30(38)39-17-16-35-14-4-5-15-35/h6,9,19,22-25,27-29H,4-5,7-8,10-18H2,1-3H3,(H,34,38)/t22-,23+,24+,25-,27+,28-,29-,31+,32-,33-/m1/s1. The molecule has 230 valence electrons. The van der Waals surface area contributed by atoms with Crippen LogP contribution >= 0.6 is 0 Å². The van der Waals surface area contributed by atoms with Gasteiger partial charge in [-0.05, 0) is 106 Å². The average Bonchev–Trinajstić information content (AvgIpc) is 3.39. The highest BCUT2D eigenvalue weighted by atomic mass is 16.7. The molecule has 4 saturated carbocycles. The lowest BCUT2D eigenvalue weighted by Gasteiger charge is -2.61. The van der Waals surface area contributed by atoms with Crippen molar-refractivity contribution in [1.82, 2.24) is 10.2 Å². The van der Waals surface area contributed by atoms with Crippen molar-refractivity contribution in [1.29, 1.82) is 0 Å². The fourth-order valence-electron chi connectivity index (χ4n) is 10.7. The molecular weight excluding hydrogens is 536 g/mol. The molecule has 6 aliphatic rings. The highest BCUT2D eigenvalue weighted by Crippen LogP contribution is 2.78. The fraction of sp³-hybridized carbons (Fsp3) is 0.788. The molecule has 0 bridgehead atoms. The molecule has 1 amide bonds. The van der Waals surface area contributed by atoms with Crippen molar-refractivity contribution in [2.24, 2.45) is 28.6 Å². The highest BCUT2D eigenvalue weighted by molar-refractivity contribution is 5.67. The van der Waals surface area contributed by atoms with Crippen LogP contribution in [0.2, 0.25) is 0 Å². The summed E-state index contributed by atoms with van der Waals surface area (Å²) < 4.78 is 23.6. The van der Waals surface area contributed by atoms with Gasteiger partial charge in [0.1, 0.15) is 24.4 Å². The van der Waals surface area contributed by atoms with Gasteiger partial charge in [0.25, 0.3) is 0 Å². The minimum Gasteiger partial charge on any atom is -0.459 e. The van der Waals surface area contributed by atoms with Crippen LogP contribution in [0.3, 0.4) is 0 Å². The second kappa shape index (κ2) is 10.4. The number of carbonyl (C=O) groups excluding carboxylic acids is 2. The van der Waals surface area contributed by atoms with Gasteiger partial charge in [-0.15, -0.1) is 0 Å². The monoisotopic (exact) mass is 582 g/mol. The summed E-state index contributed by atoms with van der Waals surface area (Å²) in [4.78, 5) is 39.0. The number of alkyl carbamates (subject to hydrolysis) is 1. The zero-order valence-electron chi connectivity index (χ0n) is 25.3. The number of nitrogens with zero attached hydrogens (tertiary/aromatic N) is 1. The van der Waals surface area contributed by atoms with Gasteiger partial charge in [-0.1, -0.05) is 13.8 Å². The molecule has 1 aromatic heterocycles. The van der Waals surface area contributed by atoms with E-state index < -0.39 is 0 Å². The number of rotatable bonds is 6. The summed E-state index contributed by atoms with van der Waals surface area (Å²) in [7, 11) is 0. The molecule has 2 saturated heterocycles. The number of epoxide rings is 1. The van der Waals surface area contributed by atoms with E-state index in [1.807, 2.05) is 6.07 Å². The minimum absolute atomic E-state index is 0.0765. The Labute approximate surface area is 248 Å². The Hall–Kier alpha value is -2.39. The molecule has 1 spiro atoms. The Kier molecular flexibility index (Phi) is 7.00. The van der Waals surface area contributed by atoms with Gasteiger partial charge < -0.3 is 23.9 Å². The van der Waals surface area contributed by atoms with E-state index in [1.54, 1.807) is 6.26 Å². The van der Waals surface area contributed by atoms with Gasteiger partial charge in [0, 0.05) is 36.9 Å². The first kappa shape index (κ1) is 28.4. The topological polar surface area (TPSA) is 111 Å². The Morgan fingerprint density at radius 3 is 2.62 bits per heavy atom. The lowest BCUT2D eigenvalue weighted by atomic mass is 9.44. The van der Waals surface area contributed by atoms with Gasteiger partial charge in [0.2, 0.25) is 0 Å². The molecule has 6 fully saturated rings. The number of nitrogens with one attached hydrogen (secondary N) is 1. The lowest BCUT2D eigenvalue weighted by molar-refractivity contribution is -0.156. The van der Waals surface area contributed by atoms with E-state index in [2.05, 4.69) is 24.1 Å². The second-order valence-electron chi connectivity index (χ2n) is 14.5. The Morgan fingerprint density at radius 2 is 1.88 bits per heavy atom. The predicted octanol–water partition coefficient (Wildman–Crippen LogP) is 4.63. The van der Waals surface area contributed by atoms with Crippen LogP contribution in [0.15, 0.2) is 27.6 Å². The maximum Gasteiger partial charge on any atom is 0.407 e. The molecule has 7 rings (SSSR count). The molecule has 9 heteroatoms. The van der Waals surface area contributed by atoms with E-state index in [-0.39, 0.29) is 58.3 Å². The average molecular weight is 583 g/mol. The Bertz CT molecular complexity index is 1260. The Balaban J connectivity index is 1.05. The number of hydrogen-bond donors (Lipinski definition) is 1. The first-order valence-corrected chi connectivity index (χ1v) is 16.3. The van der Waals surface area contributed by atoms with Gasteiger partial charge in [-0.3, -0.25) is 9.69 Å². The summed E-state index contributed by atoms with van der Waals surface area (Å²) in [5, 5.41) is 3.19.